The fourth-order valence-corrected chi connectivity index (χ4v) is 3.70. The van der Waals surface area contributed by atoms with Crippen molar-refractivity contribution in [2.75, 3.05) is 20.3 Å². The molecule has 0 aliphatic carbocycles. The van der Waals surface area contributed by atoms with Crippen molar-refractivity contribution in [3.8, 4) is 17.6 Å². The summed E-state index contributed by atoms with van der Waals surface area (Å²) in [6.07, 6.45) is 0. The Morgan fingerprint density at radius 3 is 2.52 bits per heavy atom. The van der Waals surface area contributed by atoms with Gasteiger partial charge in [0.25, 0.3) is 0 Å². The Hall–Kier alpha value is -1.55. The molecule has 0 aliphatic heterocycles. The molecule has 21 heavy (non-hydrogen) atoms. The fraction of sp³-hybridized carbons (Fsp3) is 0.467. The van der Waals surface area contributed by atoms with Crippen LogP contribution in [0.15, 0.2) is 23.1 Å². The van der Waals surface area contributed by atoms with Crippen molar-refractivity contribution in [1.82, 2.24) is 4.31 Å². The summed E-state index contributed by atoms with van der Waals surface area (Å²) in [6.45, 7) is 5.55. The number of rotatable bonds is 5. The third-order valence-corrected chi connectivity index (χ3v) is 5.11. The molecule has 0 saturated heterocycles. The first-order valence-electron chi connectivity index (χ1n) is 6.68. The van der Waals surface area contributed by atoms with Crippen molar-refractivity contribution in [2.45, 2.75) is 31.7 Å². The molecule has 6 heteroatoms. The SMILES string of the molecule is CCN(C(C)C)S(=O)(=O)c1ccc(OC)c(C#CCO)c1. The van der Waals surface area contributed by atoms with Crippen LogP contribution in [-0.2, 0) is 10.0 Å². The van der Waals surface area contributed by atoms with Gasteiger partial charge in [-0.2, -0.15) is 4.31 Å². The lowest BCUT2D eigenvalue weighted by Gasteiger charge is -2.24. The molecule has 1 aromatic rings. The fourth-order valence-electron chi connectivity index (χ4n) is 2.03. The number of nitrogens with zero attached hydrogens (tertiary/aromatic N) is 1. The Labute approximate surface area is 126 Å². The molecule has 0 radical (unpaired) electrons. The number of aliphatic hydroxyl groups excluding tert-OH is 1. The van der Waals surface area contributed by atoms with Crippen molar-refractivity contribution >= 4 is 10.0 Å². The minimum Gasteiger partial charge on any atom is -0.495 e. The molecular formula is C15H21NO4S. The van der Waals surface area contributed by atoms with Gasteiger partial charge in [0.05, 0.1) is 17.6 Å². The average Bonchev–Trinajstić information content (AvgIpc) is 2.44. The van der Waals surface area contributed by atoms with Gasteiger partial charge in [-0.05, 0) is 32.0 Å². The summed E-state index contributed by atoms with van der Waals surface area (Å²) in [4.78, 5) is 0.168. The van der Waals surface area contributed by atoms with Gasteiger partial charge in [-0.1, -0.05) is 18.8 Å². The van der Waals surface area contributed by atoms with E-state index in [-0.39, 0.29) is 17.5 Å². The van der Waals surface area contributed by atoms with Crippen LogP contribution in [0.3, 0.4) is 0 Å². The first-order valence-corrected chi connectivity index (χ1v) is 8.12. The molecule has 0 aromatic heterocycles. The van der Waals surface area contributed by atoms with E-state index < -0.39 is 10.0 Å². The molecule has 0 unspecified atom stereocenters. The molecule has 0 saturated carbocycles. The van der Waals surface area contributed by atoms with Gasteiger partial charge in [-0.25, -0.2) is 8.42 Å². The number of sulfonamides is 1. The summed E-state index contributed by atoms with van der Waals surface area (Å²) < 4.78 is 31.8. The van der Waals surface area contributed by atoms with Crippen LogP contribution >= 0.6 is 0 Å². The van der Waals surface area contributed by atoms with E-state index in [2.05, 4.69) is 11.8 Å². The van der Waals surface area contributed by atoms with Gasteiger partial charge < -0.3 is 9.84 Å². The highest BCUT2D eigenvalue weighted by atomic mass is 32.2. The Balaban J connectivity index is 3.37. The first-order chi connectivity index (χ1) is 9.88. The Morgan fingerprint density at radius 1 is 1.38 bits per heavy atom. The van der Waals surface area contributed by atoms with E-state index in [0.29, 0.717) is 17.9 Å². The van der Waals surface area contributed by atoms with E-state index in [9.17, 15) is 8.42 Å². The third kappa shape index (κ3) is 3.97. The summed E-state index contributed by atoms with van der Waals surface area (Å²) in [6, 6.07) is 4.42. The van der Waals surface area contributed by atoms with E-state index in [1.54, 1.807) is 13.0 Å². The maximum absolute atomic E-state index is 12.6. The number of ether oxygens (including phenoxy) is 1. The smallest absolute Gasteiger partial charge is 0.243 e. The minimum absolute atomic E-state index is 0.130. The van der Waals surface area contributed by atoms with Crippen LogP contribution in [0.5, 0.6) is 5.75 Å². The van der Waals surface area contributed by atoms with Gasteiger partial charge in [0, 0.05) is 12.6 Å². The maximum Gasteiger partial charge on any atom is 0.243 e. The summed E-state index contributed by atoms with van der Waals surface area (Å²) in [7, 11) is -2.09. The predicted molar refractivity (Wildman–Crippen MR) is 81.7 cm³/mol. The first kappa shape index (κ1) is 17.5. The molecule has 5 nitrogen and oxygen atoms in total. The van der Waals surface area contributed by atoms with Crippen molar-refractivity contribution in [1.29, 1.82) is 0 Å². The minimum atomic E-state index is -3.58. The van der Waals surface area contributed by atoms with Gasteiger partial charge in [-0.3, -0.25) is 0 Å². The molecule has 1 N–H and O–H groups in total. The molecule has 0 aliphatic rings. The summed E-state index contributed by atoms with van der Waals surface area (Å²) in [5, 5.41) is 8.78. The highest BCUT2D eigenvalue weighted by Crippen LogP contribution is 2.24. The van der Waals surface area contributed by atoms with Gasteiger partial charge in [0.15, 0.2) is 0 Å². The van der Waals surface area contributed by atoms with Crippen LogP contribution in [0, 0.1) is 11.8 Å². The standard InChI is InChI=1S/C15H21NO4S/c1-5-16(12(2)3)21(18,19)14-8-9-15(20-4)13(11-14)7-6-10-17/h8-9,11-12,17H,5,10H2,1-4H3. The van der Waals surface area contributed by atoms with Crippen LogP contribution in [-0.4, -0.2) is 44.1 Å². The van der Waals surface area contributed by atoms with E-state index in [4.69, 9.17) is 9.84 Å². The second kappa shape index (κ2) is 7.46. The van der Waals surface area contributed by atoms with E-state index >= 15 is 0 Å². The molecule has 0 fully saturated rings. The van der Waals surface area contributed by atoms with Crippen molar-refractivity contribution in [2.24, 2.45) is 0 Å². The monoisotopic (exact) mass is 311 g/mol. The summed E-state index contributed by atoms with van der Waals surface area (Å²) in [5.41, 5.74) is 0.437. The van der Waals surface area contributed by atoms with Crippen LogP contribution in [0.2, 0.25) is 0 Å². The van der Waals surface area contributed by atoms with Gasteiger partial charge >= 0.3 is 0 Å². The lowest BCUT2D eigenvalue weighted by Crippen LogP contribution is -2.36. The highest BCUT2D eigenvalue weighted by Gasteiger charge is 2.26. The largest absolute Gasteiger partial charge is 0.495 e. The number of benzene rings is 1. The summed E-state index contributed by atoms with van der Waals surface area (Å²) in [5.74, 6) is 5.68. The number of methoxy groups -OCH3 is 1. The molecule has 0 bridgehead atoms. The van der Waals surface area contributed by atoms with E-state index in [0.717, 1.165) is 0 Å². The lowest BCUT2D eigenvalue weighted by atomic mass is 10.2. The number of aliphatic hydroxyl groups is 1. The molecule has 1 aromatic carbocycles. The topological polar surface area (TPSA) is 66.8 Å². The molecule has 0 heterocycles. The van der Waals surface area contributed by atoms with Crippen LogP contribution in [0.25, 0.3) is 0 Å². The Morgan fingerprint density at radius 2 is 2.05 bits per heavy atom. The van der Waals surface area contributed by atoms with Crippen molar-refractivity contribution in [3.63, 3.8) is 0 Å². The van der Waals surface area contributed by atoms with Gasteiger partial charge in [-0.15, -0.1) is 0 Å². The molecule has 116 valence electrons. The molecule has 1 rings (SSSR count). The zero-order valence-corrected chi connectivity index (χ0v) is 13.6. The number of hydrogen-bond donors (Lipinski definition) is 1. The normalized spacial score (nSPS) is 11.4. The Kier molecular flexibility index (Phi) is 6.21. The third-order valence-electron chi connectivity index (χ3n) is 2.97. The van der Waals surface area contributed by atoms with Crippen molar-refractivity contribution < 1.29 is 18.3 Å². The Bertz CT molecular complexity index is 641. The van der Waals surface area contributed by atoms with Gasteiger partial charge in [0.2, 0.25) is 10.0 Å². The van der Waals surface area contributed by atoms with Crippen molar-refractivity contribution in [3.05, 3.63) is 23.8 Å². The maximum atomic E-state index is 12.6. The molecule has 0 atom stereocenters. The highest BCUT2D eigenvalue weighted by molar-refractivity contribution is 7.89. The summed E-state index contributed by atoms with van der Waals surface area (Å²) >= 11 is 0. The van der Waals surface area contributed by atoms with Crippen LogP contribution < -0.4 is 4.74 Å². The predicted octanol–water partition coefficient (Wildman–Crippen LogP) is 1.46. The average molecular weight is 311 g/mol. The molecule has 0 amide bonds. The quantitative estimate of drug-likeness (QED) is 0.836. The zero-order chi connectivity index (χ0) is 16.0. The lowest BCUT2D eigenvalue weighted by molar-refractivity contribution is 0.350. The molecule has 0 spiro atoms. The second-order valence-corrected chi connectivity index (χ2v) is 6.51. The van der Waals surface area contributed by atoms with Crippen LogP contribution in [0.4, 0.5) is 0 Å². The van der Waals surface area contributed by atoms with E-state index in [1.807, 2.05) is 13.8 Å². The van der Waals surface area contributed by atoms with E-state index in [1.165, 1.54) is 23.5 Å². The number of hydrogen-bond acceptors (Lipinski definition) is 4. The van der Waals surface area contributed by atoms with Gasteiger partial charge in [0.1, 0.15) is 12.4 Å². The zero-order valence-electron chi connectivity index (χ0n) is 12.8. The van der Waals surface area contributed by atoms with Crippen LogP contribution in [0.1, 0.15) is 26.3 Å². The molecular weight excluding hydrogens is 290 g/mol. The second-order valence-electron chi connectivity index (χ2n) is 4.62.